The van der Waals surface area contributed by atoms with Gasteiger partial charge >= 0.3 is 0 Å². The van der Waals surface area contributed by atoms with Crippen molar-refractivity contribution in [2.24, 2.45) is 4.99 Å². The van der Waals surface area contributed by atoms with Crippen LogP contribution in [0.4, 0.5) is 5.82 Å². The predicted molar refractivity (Wildman–Crippen MR) is 107 cm³/mol. The highest BCUT2D eigenvalue weighted by Crippen LogP contribution is 2.27. The lowest BCUT2D eigenvalue weighted by molar-refractivity contribution is -0.118. The number of methoxy groups -OCH3 is 1. The zero-order valence-corrected chi connectivity index (χ0v) is 16.8. The molecule has 4 rings (SSSR count). The lowest BCUT2D eigenvalue weighted by Crippen LogP contribution is -2.30. The smallest absolute Gasteiger partial charge is 0.254 e. The first-order valence-electron chi connectivity index (χ1n) is 9.39. The number of aliphatic imine (C=N–C) groups is 1. The molecule has 0 saturated heterocycles. The van der Waals surface area contributed by atoms with Crippen molar-refractivity contribution >= 4 is 18.1 Å². The van der Waals surface area contributed by atoms with E-state index >= 15 is 0 Å². The molecule has 3 aromatic rings. The largest absolute Gasteiger partial charge is 0.473 e. The third-order valence-corrected chi connectivity index (χ3v) is 4.78. The van der Waals surface area contributed by atoms with Crippen LogP contribution in [0.3, 0.4) is 0 Å². The summed E-state index contributed by atoms with van der Waals surface area (Å²) in [5.41, 5.74) is 0.884. The summed E-state index contributed by atoms with van der Waals surface area (Å²) < 4.78 is 16.4. The number of aromatic nitrogens is 4. The average molecular weight is 410 g/mol. The predicted octanol–water partition coefficient (Wildman–Crippen LogP) is 2.30. The Bertz CT molecular complexity index is 1040. The first kappa shape index (κ1) is 19.8. The minimum absolute atomic E-state index is 0.288. The van der Waals surface area contributed by atoms with Gasteiger partial charge in [0.15, 0.2) is 24.4 Å². The van der Waals surface area contributed by atoms with E-state index < -0.39 is 17.7 Å². The zero-order valence-electron chi connectivity index (χ0n) is 16.8. The number of hydrogen-bond acceptors (Lipinski definition) is 8. The molecule has 1 aliphatic heterocycles. The van der Waals surface area contributed by atoms with Gasteiger partial charge in [0.05, 0.1) is 6.20 Å². The van der Waals surface area contributed by atoms with E-state index in [4.69, 9.17) is 13.9 Å². The van der Waals surface area contributed by atoms with Crippen molar-refractivity contribution in [3.8, 4) is 0 Å². The molecular formula is C20H22N6O4. The second-order valence-corrected chi connectivity index (χ2v) is 7.27. The molecule has 0 bridgehead atoms. The van der Waals surface area contributed by atoms with Crippen LogP contribution >= 0.6 is 0 Å². The highest BCUT2D eigenvalue weighted by molar-refractivity contribution is 5.95. The fourth-order valence-corrected chi connectivity index (χ4v) is 2.95. The monoisotopic (exact) mass is 410 g/mol. The fourth-order valence-electron chi connectivity index (χ4n) is 2.95. The number of rotatable bonds is 7. The van der Waals surface area contributed by atoms with Gasteiger partial charge in [-0.15, -0.1) is 5.10 Å². The van der Waals surface area contributed by atoms with E-state index in [1.165, 1.54) is 23.7 Å². The maximum absolute atomic E-state index is 12.7. The minimum atomic E-state index is -0.702. The number of carbonyl (C=O) groups is 1. The molecule has 2 aromatic heterocycles. The van der Waals surface area contributed by atoms with E-state index in [9.17, 15) is 4.79 Å². The Labute approximate surface area is 172 Å². The molecule has 156 valence electrons. The maximum atomic E-state index is 12.7. The van der Waals surface area contributed by atoms with Gasteiger partial charge in [-0.25, -0.2) is 9.98 Å². The van der Waals surface area contributed by atoms with Crippen molar-refractivity contribution in [1.29, 1.82) is 0 Å². The van der Waals surface area contributed by atoms with E-state index in [0.29, 0.717) is 17.4 Å². The quantitative estimate of drug-likeness (QED) is 0.635. The molecule has 1 amide bonds. The van der Waals surface area contributed by atoms with Gasteiger partial charge in [0.25, 0.3) is 5.91 Å². The third-order valence-electron chi connectivity index (χ3n) is 4.78. The summed E-state index contributed by atoms with van der Waals surface area (Å²) in [5, 5.41) is 11.2. The molecule has 1 aliphatic rings. The van der Waals surface area contributed by atoms with Crippen LogP contribution in [0.25, 0.3) is 0 Å². The highest BCUT2D eigenvalue weighted by Gasteiger charge is 2.34. The van der Waals surface area contributed by atoms with Crippen molar-refractivity contribution in [3.63, 3.8) is 0 Å². The van der Waals surface area contributed by atoms with Crippen LogP contribution in [0, 0.1) is 0 Å². The highest BCUT2D eigenvalue weighted by atomic mass is 16.5. The number of benzene rings is 1. The van der Waals surface area contributed by atoms with Gasteiger partial charge in [0.2, 0.25) is 5.89 Å². The van der Waals surface area contributed by atoms with Crippen molar-refractivity contribution < 1.29 is 18.7 Å². The Kier molecular flexibility index (Phi) is 5.32. The number of amides is 1. The number of anilines is 1. The summed E-state index contributed by atoms with van der Waals surface area (Å²) in [6, 6.07) is 8.77. The normalized spacial score (nSPS) is 18.4. The van der Waals surface area contributed by atoms with Gasteiger partial charge in [-0.05, 0) is 19.4 Å². The van der Waals surface area contributed by atoms with Crippen molar-refractivity contribution in [2.45, 2.75) is 38.1 Å². The number of nitrogens with one attached hydrogen (secondary N) is 1. The molecule has 1 aromatic carbocycles. The van der Waals surface area contributed by atoms with Gasteiger partial charge in [-0.3, -0.25) is 4.79 Å². The van der Waals surface area contributed by atoms with Crippen molar-refractivity contribution in [2.75, 3.05) is 12.4 Å². The summed E-state index contributed by atoms with van der Waals surface area (Å²) in [6.45, 7) is 4.01. The second-order valence-electron chi connectivity index (χ2n) is 7.27. The Morgan fingerprint density at radius 1 is 1.30 bits per heavy atom. The Hall–Kier alpha value is -3.53. The molecule has 0 aliphatic carbocycles. The van der Waals surface area contributed by atoms with E-state index in [2.05, 4.69) is 25.5 Å². The molecule has 10 heteroatoms. The summed E-state index contributed by atoms with van der Waals surface area (Å²) in [7, 11) is 1.59. The van der Waals surface area contributed by atoms with Crippen LogP contribution in [-0.2, 0) is 26.4 Å². The number of hydrogen-bond donors (Lipinski definition) is 1. The average Bonchev–Trinajstić information content (AvgIpc) is 3.50. The van der Waals surface area contributed by atoms with Gasteiger partial charge < -0.3 is 19.2 Å². The molecule has 2 unspecified atom stereocenters. The molecule has 0 fully saturated rings. The Morgan fingerprint density at radius 3 is 2.87 bits per heavy atom. The minimum Gasteiger partial charge on any atom is -0.473 e. The molecule has 0 spiro atoms. The van der Waals surface area contributed by atoms with Crippen LogP contribution in [-0.4, -0.2) is 45.4 Å². The maximum Gasteiger partial charge on any atom is 0.254 e. The Morgan fingerprint density at radius 2 is 2.10 bits per heavy atom. The lowest BCUT2D eigenvalue weighted by Gasteiger charge is -2.17. The topological polar surface area (TPSA) is 117 Å². The first-order valence-corrected chi connectivity index (χ1v) is 9.39. The van der Waals surface area contributed by atoms with Gasteiger partial charge in [-0.2, -0.15) is 9.90 Å². The van der Waals surface area contributed by atoms with Crippen LogP contribution in [0.5, 0.6) is 0 Å². The molecular weight excluding hydrogens is 388 g/mol. The van der Waals surface area contributed by atoms with Crippen LogP contribution in [0.15, 0.2) is 52.2 Å². The molecule has 3 heterocycles. The lowest BCUT2D eigenvalue weighted by atomic mass is 10.0. The number of ether oxygens (including phenoxy) is 2. The fraction of sp³-hybridized carbons (Fsp3) is 0.350. The van der Waals surface area contributed by atoms with Gasteiger partial charge in [-0.1, -0.05) is 30.3 Å². The summed E-state index contributed by atoms with van der Waals surface area (Å²) in [4.78, 5) is 22.7. The third kappa shape index (κ3) is 4.08. The van der Waals surface area contributed by atoms with E-state index in [0.717, 1.165) is 5.56 Å². The second kappa shape index (κ2) is 8.07. The van der Waals surface area contributed by atoms with E-state index in [1.807, 2.05) is 44.2 Å². The van der Waals surface area contributed by atoms with E-state index in [1.54, 1.807) is 7.11 Å². The van der Waals surface area contributed by atoms with Crippen LogP contribution in [0.2, 0.25) is 0 Å². The van der Waals surface area contributed by atoms with E-state index in [-0.39, 0.29) is 12.5 Å². The number of oxazole rings is 1. The first-order chi connectivity index (χ1) is 14.5. The summed E-state index contributed by atoms with van der Waals surface area (Å²) >= 11 is 0. The number of carbonyl (C=O) groups excluding carboxylic acids is 1. The van der Waals surface area contributed by atoms with Gasteiger partial charge in [0, 0.05) is 7.11 Å². The molecule has 0 radical (unpaired) electrons. The molecule has 2 atom stereocenters. The summed E-state index contributed by atoms with van der Waals surface area (Å²) in [5.74, 6) is 0.455. The van der Waals surface area contributed by atoms with Crippen LogP contribution < -0.4 is 5.32 Å². The summed E-state index contributed by atoms with van der Waals surface area (Å²) in [6.07, 6.45) is 3.84. The van der Waals surface area contributed by atoms with Crippen molar-refractivity contribution in [1.82, 2.24) is 20.0 Å². The standard InChI is InChI=1S/C20H22N6O4/c1-20(2,28-3)19-23-14(11-29-19)10-26-22-9-15(25-26)24-18(27)16-17(30-12-21-16)13-7-5-4-6-8-13/h4-9,11-12,16-17H,10H2,1-3H3,(H,24,25,27). The molecule has 1 N–H and O–H groups in total. The molecule has 10 nitrogen and oxygen atoms in total. The number of nitrogens with zero attached hydrogens (tertiary/aromatic N) is 5. The van der Waals surface area contributed by atoms with Crippen molar-refractivity contribution in [3.05, 3.63) is 59.9 Å². The SMILES string of the molecule is COC(C)(C)c1nc(Cn2ncc(NC(=O)C3N=COC3c3ccccc3)n2)co1. The van der Waals surface area contributed by atoms with Crippen LogP contribution in [0.1, 0.15) is 37.1 Å². The Balaban J connectivity index is 1.40. The zero-order chi connectivity index (χ0) is 21.1. The van der Waals surface area contributed by atoms with Gasteiger partial charge in [0.1, 0.15) is 24.1 Å². The molecule has 30 heavy (non-hydrogen) atoms. The molecule has 0 saturated carbocycles.